The minimum Gasteiger partial charge on any atom is -0.375 e. The maximum absolute atomic E-state index is 6.10. The van der Waals surface area contributed by atoms with Crippen molar-refractivity contribution < 1.29 is 4.74 Å². The van der Waals surface area contributed by atoms with E-state index in [1.165, 1.54) is 25.7 Å². The molecule has 3 heteroatoms. The second-order valence-electron chi connectivity index (χ2n) is 5.74. The molecule has 2 bridgehead atoms. The smallest absolute Gasteiger partial charge is 0.0727 e. The average Bonchev–Trinajstić information content (AvgIpc) is 2.45. The van der Waals surface area contributed by atoms with Crippen molar-refractivity contribution in [3.8, 4) is 0 Å². The average molecular weight is 210 g/mol. The van der Waals surface area contributed by atoms with E-state index in [1.807, 2.05) is 0 Å². The molecule has 3 aliphatic heterocycles. The first-order valence-electron chi connectivity index (χ1n) is 6.30. The SMILES string of the molecule is CN1[C@@H]2CC[C@H]1CC1(C[C@@H](N)CCO1)C2. The van der Waals surface area contributed by atoms with Crippen LogP contribution in [0.2, 0.25) is 0 Å². The van der Waals surface area contributed by atoms with Crippen molar-refractivity contribution in [2.75, 3.05) is 13.7 Å². The summed E-state index contributed by atoms with van der Waals surface area (Å²) in [6.45, 7) is 0.879. The highest BCUT2D eigenvalue weighted by Gasteiger charge is 2.49. The fraction of sp³-hybridized carbons (Fsp3) is 1.00. The zero-order chi connectivity index (χ0) is 10.5. The zero-order valence-electron chi connectivity index (χ0n) is 9.61. The van der Waals surface area contributed by atoms with Crippen molar-refractivity contribution in [2.24, 2.45) is 5.73 Å². The predicted molar refractivity (Wildman–Crippen MR) is 59.7 cm³/mol. The van der Waals surface area contributed by atoms with Gasteiger partial charge in [-0.25, -0.2) is 0 Å². The van der Waals surface area contributed by atoms with Crippen LogP contribution in [0.5, 0.6) is 0 Å². The minimum absolute atomic E-state index is 0.149. The molecule has 0 aromatic heterocycles. The molecule has 3 fully saturated rings. The number of fused-ring (bicyclic) bond motifs is 2. The van der Waals surface area contributed by atoms with E-state index in [9.17, 15) is 0 Å². The molecule has 1 spiro atoms. The molecular weight excluding hydrogens is 188 g/mol. The maximum atomic E-state index is 6.10. The van der Waals surface area contributed by atoms with E-state index in [2.05, 4.69) is 11.9 Å². The third kappa shape index (κ3) is 1.61. The van der Waals surface area contributed by atoms with E-state index in [0.717, 1.165) is 31.5 Å². The van der Waals surface area contributed by atoms with Crippen LogP contribution in [0.4, 0.5) is 0 Å². The quantitative estimate of drug-likeness (QED) is 0.651. The van der Waals surface area contributed by atoms with Gasteiger partial charge >= 0.3 is 0 Å². The molecule has 0 saturated carbocycles. The van der Waals surface area contributed by atoms with Gasteiger partial charge in [0.15, 0.2) is 0 Å². The molecule has 3 heterocycles. The second-order valence-corrected chi connectivity index (χ2v) is 5.74. The summed E-state index contributed by atoms with van der Waals surface area (Å²) in [5, 5.41) is 0. The van der Waals surface area contributed by atoms with Crippen molar-refractivity contribution in [3.63, 3.8) is 0 Å². The van der Waals surface area contributed by atoms with Gasteiger partial charge in [-0.15, -0.1) is 0 Å². The number of rotatable bonds is 0. The Bertz CT molecular complexity index is 242. The van der Waals surface area contributed by atoms with Crippen molar-refractivity contribution in [1.82, 2.24) is 4.90 Å². The summed E-state index contributed by atoms with van der Waals surface area (Å²) < 4.78 is 6.10. The summed E-state index contributed by atoms with van der Waals surface area (Å²) >= 11 is 0. The molecule has 1 unspecified atom stereocenters. The monoisotopic (exact) mass is 210 g/mol. The Morgan fingerprint density at radius 1 is 1.13 bits per heavy atom. The molecule has 0 aliphatic carbocycles. The van der Waals surface area contributed by atoms with Crippen molar-refractivity contribution in [3.05, 3.63) is 0 Å². The summed E-state index contributed by atoms with van der Waals surface area (Å²) in [6, 6.07) is 1.89. The Hall–Kier alpha value is -0.120. The van der Waals surface area contributed by atoms with Gasteiger partial charge in [-0.3, -0.25) is 0 Å². The van der Waals surface area contributed by atoms with Crippen LogP contribution in [-0.2, 0) is 4.74 Å². The van der Waals surface area contributed by atoms with Gasteiger partial charge in [0.25, 0.3) is 0 Å². The van der Waals surface area contributed by atoms with Crippen molar-refractivity contribution in [1.29, 1.82) is 0 Å². The Morgan fingerprint density at radius 3 is 2.40 bits per heavy atom. The molecule has 0 aromatic rings. The van der Waals surface area contributed by atoms with E-state index >= 15 is 0 Å². The van der Waals surface area contributed by atoms with E-state index in [-0.39, 0.29) is 5.60 Å². The van der Waals surface area contributed by atoms with Gasteiger partial charge in [-0.05, 0) is 45.6 Å². The van der Waals surface area contributed by atoms with E-state index < -0.39 is 0 Å². The molecule has 3 rings (SSSR count). The van der Waals surface area contributed by atoms with Crippen LogP contribution in [0, 0.1) is 0 Å². The fourth-order valence-electron chi connectivity index (χ4n) is 3.87. The Kier molecular flexibility index (Phi) is 2.31. The highest BCUT2D eigenvalue weighted by Crippen LogP contribution is 2.45. The molecule has 0 aromatic carbocycles. The largest absolute Gasteiger partial charge is 0.375 e. The van der Waals surface area contributed by atoms with Crippen LogP contribution < -0.4 is 5.73 Å². The Labute approximate surface area is 91.9 Å². The lowest BCUT2D eigenvalue weighted by molar-refractivity contribution is -0.129. The lowest BCUT2D eigenvalue weighted by Crippen LogP contribution is -2.55. The molecule has 86 valence electrons. The van der Waals surface area contributed by atoms with Crippen molar-refractivity contribution in [2.45, 2.75) is 62.3 Å². The molecule has 3 saturated heterocycles. The Balaban J connectivity index is 1.77. The third-order valence-electron chi connectivity index (χ3n) is 4.73. The van der Waals surface area contributed by atoms with E-state index in [4.69, 9.17) is 10.5 Å². The summed E-state index contributed by atoms with van der Waals surface area (Å²) in [6.07, 6.45) is 7.30. The second kappa shape index (κ2) is 3.44. The number of nitrogens with two attached hydrogens (primary N) is 1. The van der Waals surface area contributed by atoms with Crippen LogP contribution in [0.15, 0.2) is 0 Å². The van der Waals surface area contributed by atoms with E-state index in [1.54, 1.807) is 0 Å². The molecule has 4 atom stereocenters. The summed E-state index contributed by atoms with van der Waals surface area (Å²) in [5.74, 6) is 0. The first-order chi connectivity index (χ1) is 7.19. The first-order valence-corrected chi connectivity index (χ1v) is 6.30. The highest BCUT2D eigenvalue weighted by atomic mass is 16.5. The first kappa shape index (κ1) is 10.1. The molecular formula is C12H22N2O. The summed E-state index contributed by atoms with van der Waals surface area (Å²) in [7, 11) is 2.28. The number of nitrogens with zero attached hydrogens (tertiary/aromatic N) is 1. The van der Waals surface area contributed by atoms with Gasteiger partial charge < -0.3 is 15.4 Å². The number of hydrogen-bond acceptors (Lipinski definition) is 3. The summed E-state index contributed by atoms with van der Waals surface area (Å²) in [5.41, 5.74) is 6.24. The predicted octanol–water partition coefficient (Wildman–Crippen LogP) is 1.12. The van der Waals surface area contributed by atoms with Crippen LogP contribution in [0.3, 0.4) is 0 Å². The molecule has 2 N–H and O–H groups in total. The van der Waals surface area contributed by atoms with Crippen LogP contribution in [0.1, 0.15) is 38.5 Å². The number of ether oxygens (including phenoxy) is 1. The summed E-state index contributed by atoms with van der Waals surface area (Å²) in [4.78, 5) is 2.56. The van der Waals surface area contributed by atoms with Gasteiger partial charge in [0.1, 0.15) is 0 Å². The fourth-order valence-corrected chi connectivity index (χ4v) is 3.87. The topological polar surface area (TPSA) is 38.5 Å². The van der Waals surface area contributed by atoms with Gasteiger partial charge in [-0.2, -0.15) is 0 Å². The lowest BCUT2D eigenvalue weighted by atomic mass is 9.79. The standard InChI is InChI=1S/C12H22N2O/c1-14-10-2-3-11(14)8-12(7-10)6-9(13)4-5-15-12/h9-11H,2-8,13H2,1H3/t9-,10-,11+,12?/m0/s1. The third-order valence-corrected chi connectivity index (χ3v) is 4.73. The molecule has 15 heavy (non-hydrogen) atoms. The zero-order valence-corrected chi connectivity index (χ0v) is 9.61. The van der Waals surface area contributed by atoms with Gasteiger partial charge in [0.2, 0.25) is 0 Å². The molecule has 0 amide bonds. The maximum Gasteiger partial charge on any atom is 0.0727 e. The van der Waals surface area contributed by atoms with Crippen LogP contribution in [-0.4, -0.2) is 42.3 Å². The van der Waals surface area contributed by atoms with Gasteiger partial charge in [-0.1, -0.05) is 0 Å². The van der Waals surface area contributed by atoms with E-state index in [0.29, 0.717) is 6.04 Å². The normalized spacial score (nSPS) is 51.2. The Morgan fingerprint density at radius 2 is 1.80 bits per heavy atom. The number of piperidine rings is 1. The van der Waals surface area contributed by atoms with Crippen LogP contribution in [0.25, 0.3) is 0 Å². The molecule has 3 nitrogen and oxygen atoms in total. The van der Waals surface area contributed by atoms with Gasteiger partial charge in [0, 0.05) is 24.7 Å². The minimum atomic E-state index is 0.149. The van der Waals surface area contributed by atoms with Gasteiger partial charge in [0.05, 0.1) is 5.60 Å². The lowest BCUT2D eigenvalue weighted by Gasteiger charge is -2.48. The van der Waals surface area contributed by atoms with Crippen molar-refractivity contribution >= 4 is 0 Å². The highest BCUT2D eigenvalue weighted by molar-refractivity contribution is 5.04. The van der Waals surface area contributed by atoms with Crippen LogP contribution >= 0.6 is 0 Å². The number of hydrogen-bond donors (Lipinski definition) is 1. The molecule has 3 aliphatic rings. The molecule has 0 radical (unpaired) electrons.